The average molecular weight is 299 g/mol. The van der Waals surface area contributed by atoms with Crippen LogP contribution in [-0.2, 0) is 4.74 Å². The summed E-state index contributed by atoms with van der Waals surface area (Å²) in [5, 5.41) is 4.62. The summed E-state index contributed by atoms with van der Waals surface area (Å²) in [5.74, 6) is 0. The van der Waals surface area contributed by atoms with Gasteiger partial charge >= 0.3 is 0 Å². The first kappa shape index (κ1) is 17.4. The summed E-state index contributed by atoms with van der Waals surface area (Å²) in [4.78, 5) is 8.27. The molecule has 0 aliphatic carbocycles. The van der Waals surface area contributed by atoms with Crippen LogP contribution >= 0.6 is 11.3 Å². The Morgan fingerprint density at radius 1 is 1.40 bits per heavy atom. The first-order valence-corrected chi connectivity index (χ1v) is 8.40. The second kappa shape index (κ2) is 9.32. The van der Waals surface area contributed by atoms with Crippen LogP contribution in [0.4, 0.5) is 5.13 Å². The Bertz CT molecular complexity index is 370. The number of nitrogens with one attached hydrogen (secondary N) is 1. The number of anilines is 1. The topological polar surface area (TPSA) is 37.4 Å². The number of aromatic nitrogens is 1. The zero-order chi connectivity index (χ0) is 15.0. The molecule has 1 N–H and O–H groups in total. The number of rotatable bonds is 10. The molecule has 1 rings (SSSR count). The molecule has 0 bridgehead atoms. The predicted molar refractivity (Wildman–Crippen MR) is 87.8 cm³/mol. The molecule has 0 aliphatic heterocycles. The number of nitrogens with zero attached hydrogens (tertiary/aromatic N) is 2. The van der Waals surface area contributed by atoms with Crippen molar-refractivity contribution >= 4 is 16.5 Å². The molecule has 4 nitrogen and oxygen atoms in total. The van der Waals surface area contributed by atoms with Gasteiger partial charge in [0, 0.05) is 36.8 Å². The van der Waals surface area contributed by atoms with E-state index in [-0.39, 0.29) is 0 Å². The molecule has 0 fully saturated rings. The molecule has 0 spiro atoms. The molecule has 1 aromatic rings. The van der Waals surface area contributed by atoms with Gasteiger partial charge in [-0.25, -0.2) is 4.98 Å². The summed E-state index contributed by atoms with van der Waals surface area (Å²) in [5.41, 5.74) is 0. The van der Waals surface area contributed by atoms with E-state index in [4.69, 9.17) is 4.74 Å². The van der Waals surface area contributed by atoms with Crippen LogP contribution < -0.4 is 10.2 Å². The van der Waals surface area contributed by atoms with Gasteiger partial charge in [0.1, 0.15) is 0 Å². The number of methoxy groups -OCH3 is 1. The highest BCUT2D eigenvalue weighted by Crippen LogP contribution is 2.28. The lowest BCUT2D eigenvalue weighted by Crippen LogP contribution is -2.35. The Morgan fingerprint density at radius 3 is 2.75 bits per heavy atom. The van der Waals surface area contributed by atoms with Gasteiger partial charge in [0.05, 0.1) is 6.61 Å². The van der Waals surface area contributed by atoms with Crippen molar-refractivity contribution in [3.05, 3.63) is 11.1 Å². The molecule has 0 saturated heterocycles. The van der Waals surface area contributed by atoms with Crippen LogP contribution in [-0.4, -0.2) is 37.8 Å². The zero-order valence-corrected chi connectivity index (χ0v) is 14.3. The van der Waals surface area contributed by atoms with Crippen molar-refractivity contribution in [2.75, 3.05) is 31.7 Å². The van der Waals surface area contributed by atoms with E-state index in [2.05, 4.69) is 42.9 Å². The first-order valence-electron chi connectivity index (χ1n) is 7.58. The van der Waals surface area contributed by atoms with Crippen molar-refractivity contribution in [2.45, 2.75) is 52.6 Å². The number of hydrogen-bond donors (Lipinski definition) is 1. The van der Waals surface area contributed by atoms with Crippen molar-refractivity contribution in [3.63, 3.8) is 0 Å². The van der Waals surface area contributed by atoms with E-state index in [1.54, 1.807) is 18.4 Å². The monoisotopic (exact) mass is 299 g/mol. The van der Waals surface area contributed by atoms with Gasteiger partial charge in [-0.15, -0.1) is 11.3 Å². The summed E-state index contributed by atoms with van der Waals surface area (Å²) < 4.78 is 5.22. The largest absolute Gasteiger partial charge is 0.383 e. The maximum absolute atomic E-state index is 5.22. The molecule has 0 aromatic carbocycles. The van der Waals surface area contributed by atoms with Gasteiger partial charge in [-0.05, 0) is 33.2 Å². The average Bonchev–Trinajstić information content (AvgIpc) is 2.94. The second-order valence-corrected chi connectivity index (χ2v) is 6.21. The summed E-state index contributed by atoms with van der Waals surface area (Å²) in [6.07, 6.45) is 4.28. The highest BCUT2D eigenvalue weighted by Gasteiger charge is 2.18. The van der Waals surface area contributed by atoms with Crippen LogP contribution in [0.3, 0.4) is 0 Å². The summed E-state index contributed by atoms with van der Waals surface area (Å²) in [6, 6.07) is 0.866. The molecule has 20 heavy (non-hydrogen) atoms. The van der Waals surface area contributed by atoms with Gasteiger partial charge in [0.2, 0.25) is 0 Å². The number of thiazole rings is 1. The third kappa shape index (κ3) is 5.04. The van der Waals surface area contributed by atoms with Crippen LogP contribution in [0.2, 0.25) is 0 Å². The molecule has 116 valence electrons. The Hall–Kier alpha value is -0.650. The molecule has 2 atom stereocenters. The second-order valence-electron chi connectivity index (χ2n) is 5.16. The summed E-state index contributed by atoms with van der Waals surface area (Å²) in [6.45, 7) is 11.5. The third-order valence-electron chi connectivity index (χ3n) is 3.54. The fraction of sp³-hybridized carbons (Fsp3) is 0.800. The molecule has 0 aliphatic rings. The smallest absolute Gasteiger partial charge is 0.185 e. The van der Waals surface area contributed by atoms with E-state index >= 15 is 0 Å². The van der Waals surface area contributed by atoms with Crippen LogP contribution in [0, 0.1) is 0 Å². The van der Waals surface area contributed by atoms with Gasteiger partial charge in [0.15, 0.2) is 5.13 Å². The van der Waals surface area contributed by atoms with Crippen molar-refractivity contribution in [2.24, 2.45) is 0 Å². The molecule has 2 unspecified atom stereocenters. The van der Waals surface area contributed by atoms with E-state index in [1.807, 2.05) is 6.20 Å². The maximum Gasteiger partial charge on any atom is 0.185 e. The third-order valence-corrected chi connectivity index (χ3v) is 4.76. The summed E-state index contributed by atoms with van der Waals surface area (Å²) >= 11 is 1.79. The van der Waals surface area contributed by atoms with Gasteiger partial charge in [-0.2, -0.15) is 0 Å². The highest BCUT2D eigenvalue weighted by molar-refractivity contribution is 7.15. The van der Waals surface area contributed by atoms with Crippen molar-refractivity contribution in [1.29, 1.82) is 0 Å². The van der Waals surface area contributed by atoms with Gasteiger partial charge in [-0.3, -0.25) is 0 Å². The van der Waals surface area contributed by atoms with Crippen LogP contribution in [0.15, 0.2) is 6.20 Å². The minimum absolute atomic E-state index is 0.377. The minimum atomic E-state index is 0.377. The minimum Gasteiger partial charge on any atom is -0.383 e. The zero-order valence-electron chi connectivity index (χ0n) is 13.5. The van der Waals surface area contributed by atoms with E-state index in [9.17, 15) is 0 Å². The number of hydrogen-bond acceptors (Lipinski definition) is 5. The van der Waals surface area contributed by atoms with Gasteiger partial charge in [0.25, 0.3) is 0 Å². The first-order chi connectivity index (χ1) is 9.63. The standard InChI is InChI=1S/C15H29N3OS/c1-6-8-16-13(4)14-11-17-15(20-14)18(9-10-19-5)12(3)7-2/h11-13,16H,6-10H2,1-5H3. The maximum atomic E-state index is 5.22. The Labute approximate surface area is 127 Å². The molecule has 0 radical (unpaired) electrons. The Kier molecular flexibility index (Phi) is 8.11. The molecule has 5 heteroatoms. The molecule has 1 heterocycles. The summed E-state index contributed by atoms with van der Waals surface area (Å²) in [7, 11) is 1.75. The van der Waals surface area contributed by atoms with Crippen molar-refractivity contribution in [3.8, 4) is 0 Å². The molecular weight excluding hydrogens is 270 g/mol. The normalized spacial score (nSPS) is 14.2. The van der Waals surface area contributed by atoms with Crippen molar-refractivity contribution < 1.29 is 4.74 Å². The Morgan fingerprint density at radius 2 is 2.15 bits per heavy atom. The molecule has 1 aromatic heterocycles. The fourth-order valence-electron chi connectivity index (χ4n) is 1.99. The fourth-order valence-corrected chi connectivity index (χ4v) is 3.06. The Balaban J connectivity index is 2.74. The lowest BCUT2D eigenvalue weighted by molar-refractivity contribution is 0.203. The van der Waals surface area contributed by atoms with Crippen LogP contribution in [0.25, 0.3) is 0 Å². The lowest BCUT2D eigenvalue weighted by atomic mass is 10.2. The quantitative estimate of drug-likeness (QED) is 0.718. The van der Waals surface area contributed by atoms with Crippen molar-refractivity contribution in [1.82, 2.24) is 10.3 Å². The lowest BCUT2D eigenvalue weighted by Gasteiger charge is -2.27. The highest BCUT2D eigenvalue weighted by atomic mass is 32.1. The SMILES string of the molecule is CCCNC(C)c1cnc(N(CCOC)C(C)CC)s1. The van der Waals surface area contributed by atoms with Gasteiger partial charge < -0.3 is 15.0 Å². The van der Waals surface area contributed by atoms with E-state index in [0.29, 0.717) is 12.1 Å². The molecule has 0 amide bonds. The van der Waals surface area contributed by atoms with E-state index in [0.717, 1.165) is 37.7 Å². The molecule has 0 saturated carbocycles. The van der Waals surface area contributed by atoms with Gasteiger partial charge in [-0.1, -0.05) is 13.8 Å². The van der Waals surface area contributed by atoms with Crippen LogP contribution in [0.5, 0.6) is 0 Å². The van der Waals surface area contributed by atoms with E-state index < -0.39 is 0 Å². The number of ether oxygens (including phenoxy) is 1. The van der Waals surface area contributed by atoms with Crippen LogP contribution in [0.1, 0.15) is 51.5 Å². The predicted octanol–water partition coefficient (Wildman–Crippen LogP) is 3.46. The molecular formula is C15H29N3OS. The van der Waals surface area contributed by atoms with E-state index in [1.165, 1.54) is 4.88 Å².